The Morgan fingerprint density at radius 1 is 1.08 bits per heavy atom. The summed E-state index contributed by atoms with van der Waals surface area (Å²) in [5, 5.41) is 23.5. The number of carbonyl (C=O) groups is 2. The second-order valence-corrected chi connectivity index (χ2v) is 13.3. The van der Waals surface area contributed by atoms with E-state index in [0.29, 0.717) is 19.3 Å². The number of ketones is 1. The van der Waals surface area contributed by atoms with E-state index < -0.39 is 28.5 Å². The van der Waals surface area contributed by atoms with E-state index in [2.05, 4.69) is 64.2 Å². The van der Waals surface area contributed by atoms with E-state index in [1.807, 2.05) is 13.8 Å². The van der Waals surface area contributed by atoms with Gasteiger partial charge in [-0.2, -0.15) is 0 Å². The van der Waals surface area contributed by atoms with E-state index in [0.717, 1.165) is 31.3 Å². The largest absolute Gasteiger partial charge is 0.511 e. The number of esters is 1. The van der Waals surface area contributed by atoms with Gasteiger partial charge in [0.2, 0.25) is 5.78 Å². The summed E-state index contributed by atoms with van der Waals surface area (Å²) in [6.07, 6.45) is 17.2. The highest BCUT2D eigenvalue weighted by Crippen LogP contribution is 2.60. The quantitative estimate of drug-likeness (QED) is 0.228. The lowest BCUT2D eigenvalue weighted by atomic mass is 9.51. The number of allylic oxidation sites excluding steroid dienone is 6. The van der Waals surface area contributed by atoms with Crippen molar-refractivity contribution >= 4 is 11.8 Å². The molecule has 0 amide bonds. The molecule has 4 aliphatic carbocycles. The first-order chi connectivity index (χ1) is 18.5. The zero-order chi connectivity index (χ0) is 28.3. The molecule has 0 aromatic carbocycles. The van der Waals surface area contributed by atoms with Crippen LogP contribution in [0, 0.1) is 40.4 Å². The number of Topliss-reactive ketones (excluding diaryl/α,β-unsaturated/α-hetero) is 1. The first-order valence-electron chi connectivity index (χ1n) is 15.1. The van der Waals surface area contributed by atoms with Gasteiger partial charge in [-0.05, 0) is 83.0 Å². The summed E-state index contributed by atoms with van der Waals surface area (Å²) in [6.45, 7) is 12.4. The fraction of sp³-hybridized carbons (Fsp3) is 0.647. The summed E-state index contributed by atoms with van der Waals surface area (Å²) in [4.78, 5) is 28.5. The van der Waals surface area contributed by atoms with Gasteiger partial charge in [-0.1, -0.05) is 68.4 Å². The van der Waals surface area contributed by atoms with E-state index in [-0.39, 0.29) is 46.7 Å². The second-order valence-electron chi connectivity index (χ2n) is 13.3. The van der Waals surface area contributed by atoms with Gasteiger partial charge in [0.25, 0.3) is 0 Å². The Labute approximate surface area is 233 Å². The van der Waals surface area contributed by atoms with Crippen LogP contribution in [-0.2, 0) is 14.3 Å². The molecule has 5 heteroatoms. The van der Waals surface area contributed by atoms with Gasteiger partial charge >= 0.3 is 5.97 Å². The van der Waals surface area contributed by atoms with Gasteiger partial charge in [-0.25, -0.2) is 4.79 Å². The molecule has 0 radical (unpaired) electrons. The van der Waals surface area contributed by atoms with Crippen molar-refractivity contribution in [1.82, 2.24) is 0 Å². The molecule has 0 unspecified atom stereocenters. The zero-order valence-corrected chi connectivity index (χ0v) is 24.5. The minimum absolute atomic E-state index is 0.0741. The molecule has 1 saturated heterocycles. The molecule has 2 N–H and O–H groups in total. The number of aliphatic hydroxyl groups is 2. The third kappa shape index (κ3) is 3.97. The van der Waals surface area contributed by atoms with Gasteiger partial charge in [-0.15, -0.1) is 0 Å². The topological polar surface area (TPSA) is 83.8 Å². The summed E-state index contributed by atoms with van der Waals surface area (Å²) >= 11 is 0. The normalized spacial score (nSPS) is 44.2. The SMILES string of the molecule is CC[C@H]1C[C@]23OC(=O)C(=C(O)[C@@]4(CC)[C@@H]5CC[C@H](C)[C@H](O)[C@H]5C=C[C@H]4CC=CCC(C)=C[C@@]2(C)C=C1C)C3=O. The number of hydrogen-bond donors (Lipinski definition) is 2. The Morgan fingerprint density at radius 3 is 2.51 bits per heavy atom. The predicted molar refractivity (Wildman–Crippen MR) is 153 cm³/mol. The van der Waals surface area contributed by atoms with Gasteiger partial charge < -0.3 is 14.9 Å². The molecule has 5 rings (SSSR count). The molecule has 9 atom stereocenters. The van der Waals surface area contributed by atoms with Crippen LogP contribution in [0.25, 0.3) is 0 Å². The van der Waals surface area contributed by atoms with Gasteiger partial charge in [0.1, 0.15) is 11.3 Å². The van der Waals surface area contributed by atoms with Crippen LogP contribution in [-0.4, -0.2) is 33.7 Å². The van der Waals surface area contributed by atoms with Crippen molar-refractivity contribution in [2.45, 2.75) is 98.2 Å². The van der Waals surface area contributed by atoms with E-state index in [1.165, 1.54) is 5.57 Å². The van der Waals surface area contributed by atoms with Gasteiger partial charge in [0, 0.05) is 17.8 Å². The molecule has 5 aliphatic rings. The van der Waals surface area contributed by atoms with Crippen molar-refractivity contribution in [3.63, 3.8) is 0 Å². The lowest BCUT2D eigenvalue weighted by molar-refractivity contribution is -0.162. The molecule has 1 spiro atoms. The zero-order valence-electron chi connectivity index (χ0n) is 24.5. The Balaban J connectivity index is 1.77. The summed E-state index contributed by atoms with van der Waals surface area (Å²) in [5.74, 6) is -1.23. The van der Waals surface area contributed by atoms with Gasteiger partial charge in [-0.3, -0.25) is 4.79 Å². The Morgan fingerprint density at radius 2 is 1.82 bits per heavy atom. The first-order valence-corrected chi connectivity index (χ1v) is 15.1. The predicted octanol–water partition coefficient (Wildman–Crippen LogP) is 6.95. The highest BCUT2D eigenvalue weighted by Gasteiger charge is 2.66. The summed E-state index contributed by atoms with van der Waals surface area (Å²) in [7, 11) is 0. The molecule has 1 saturated carbocycles. The van der Waals surface area contributed by atoms with Crippen molar-refractivity contribution in [2.24, 2.45) is 40.4 Å². The number of rotatable bonds is 2. The molecular weight excluding hydrogens is 488 g/mol. The molecule has 0 aromatic heterocycles. The van der Waals surface area contributed by atoms with E-state index in [9.17, 15) is 19.8 Å². The summed E-state index contributed by atoms with van der Waals surface area (Å²) < 4.78 is 6.24. The minimum Gasteiger partial charge on any atom is -0.511 e. The van der Waals surface area contributed by atoms with Crippen LogP contribution in [0.3, 0.4) is 0 Å². The number of hydrogen-bond acceptors (Lipinski definition) is 5. The van der Waals surface area contributed by atoms with Crippen LogP contribution in [0.1, 0.15) is 86.5 Å². The molecule has 5 nitrogen and oxygen atoms in total. The van der Waals surface area contributed by atoms with Crippen LogP contribution < -0.4 is 0 Å². The number of ether oxygens (including phenoxy) is 1. The summed E-state index contributed by atoms with van der Waals surface area (Å²) in [5.41, 5.74) is -0.891. The number of carbonyl (C=O) groups excluding carboxylic acids is 2. The average Bonchev–Trinajstić information content (AvgIpc) is 3.15. The third-order valence-corrected chi connectivity index (χ3v) is 11.2. The average molecular weight is 535 g/mol. The molecule has 39 heavy (non-hydrogen) atoms. The maximum atomic E-state index is 14.7. The van der Waals surface area contributed by atoms with Crippen LogP contribution >= 0.6 is 0 Å². The highest BCUT2D eigenvalue weighted by atomic mass is 16.6. The fourth-order valence-corrected chi connectivity index (χ4v) is 8.93. The minimum atomic E-state index is -1.39. The van der Waals surface area contributed by atoms with E-state index in [4.69, 9.17) is 4.74 Å². The molecule has 2 fully saturated rings. The van der Waals surface area contributed by atoms with Crippen LogP contribution in [0.15, 0.2) is 58.9 Å². The first kappa shape index (κ1) is 28.1. The second kappa shape index (κ2) is 9.90. The monoisotopic (exact) mass is 534 g/mol. The Kier molecular flexibility index (Phi) is 7.15. The van der Waals surface area contributed by atoms with Crippen molar-refractivity contribution in [2.75, 3.05) is 0 Å². The Hall–Kier alpha value is -2.40. The summed E-state index contributed by atoms with van der Waals surface area (Å²) in [6, 6.07) is 0. The maximum Gasteiger partial charge on any atom is 0.346 e. The molecule has 0 aromatic rings. The van der Waals surface area contributed by atoms with E-state index >= 15 is 0 Å². The highest BCUT2D eigenvalue weighted by molar-refractivity contribution is 6.26. The fourth-order valence-electron chi connectivity index (χ4n) is 8.93. The van der Waals surface area contributed by atoms with E-state index in [1.54, 1.807) is 0 Å². The number of aliphatic hydroxyl groups excluding tert-OH is 2. The van der Waals surface area contributed by atoms with Crippen LogP contribution in [0.5, 0.6) is 0 Å². The Bertz CT molecular complexity index is 1200. The molecule has 1 heterocycles. The number of fused-ring (bicyclic) bond motifs is 4. The van der Waals surface area contributed by atoms with Crippen LogP contribution in [0.4, 0.5) is 0 Å². The lowest BCUT2D eigenvalue weighted by Gasteiger charge is -2.54. The van der Waals surface area contributed by atoms with Gasteiger partial charge in [0.15, 0.2) is 5.60 Å². The van der Waals surface area contributed by atoms with Crippen molar-refractivity contribution in [3.8, 4) is 0 Å². The lowest BCUT2D eigenvalue weighted by Crippen LogP contribution is -2.54. The molecule has 212 valence electrons. The van der Waals surface area contributed by atoms with Crippen molar-refractivity contribution < 1.29 is 24.5 Å². The standard InChI is InChI=1S/C34H46O5/c1-7-23-19-34-30(37)27(31(38)39-34)29(36)33(8-2)24(14-15-25-26(33)16-13-21(4)28(25)35)12-10-9-11-20(3)17-32(34,6)18-22(23)5/h9-10,14-15,17-18,21,23-26,28,35-36H,7-8,11-13,16,19H2,1-6H3/t21-,23-,24+,25-,26+,28-,32-,33+,34+/m0/s1. The van der Waals surface area contributed by atoms with Crippen molar-refractivity contribution in [1.29, 1.82) is 0 Å². The molecule has 2 bridgehead atoms. The van der Waals surface area contributed by atoms with Crippen LogP contribution in [0.2, 0.25) is 0 Å². The molecule has 1 aliphatic heterocycles. The maximum absolute atomic E-state index is 14.7. The van der Waals surface area contributed by atoms with Gasteiger partial charge in [0.05, 0.1) is 11.5 Å². The smallest absolute Gasteiger partial charge is 0.346 e. The van der Waals surface area contributed by atoms with Crippen molar-refractivity contribution in [3.05, 3.63) is 58.9 Å². The third-order valence-electron chi connectivity index (χ3n) is 11.2. The molecular formula is C34H46O5.